The van der Waals surface area contributed by atoms with Crippen LogP contribution in [0, 0.1) is 0 Å². The highest BCUT2D eigenvalue weighted by atomic mass is 16.2. The van der Waals surface area contributed by atoms with Crippen LogP contribution in [-0.4, -0.2) is 116 Å². The number of rotatable bonds is 33. The Labute approximate surface area is 403 Å². The first-order valence-electron chi connectivity index (χ1n) is 23.8. The molecule has 0 radical (unpaired) electrons. The number of aromatic nitrogens is 8. The van der Waals surface area contributed by atoms with Crippen LogP contribution in [0.15, 0.2) is 49.3 Å². The second kappa shape index (κ2) is 25.7. The lowest BCUT2D eigenvalue weighted by Gasteiger charge is -2.15. The number of hydrogen-bond donors (Lipinski definition) is 1. The third kappa shape index (κ3) is 16.0. The second-order valence-electron chi connectivity index (χ2n) is 18.3. The van der Waals surface area contributed by atoms with Crippen LogP contribution in [0.2, 0.25) is 0 Å². The SMILES string of the molecule is CN(CCCN)CCCCC(=O)CCCC(=O)c1nc(CC(=O)CCCC(=O)c2cc(CC(=O)c3nc(CC(=O)CCCC(=O)c4cc(CC(=O)c5nccn5C)cn4C)cn3C)cn2C)cn1C. The van der Waals surface area contributed by atoms with E-state index in [4.69, 9.17) is 5.73 Å². The average molecular weight is 949 g/mol. The first-order valence-corrected chi connectivity index (χ1v) is 23.8. The Kier molecular flexibility index (Phi) is 19.9. The normalized spacial score (nSPS) is 11.4. The Morgan fingerprint density at radius 2 is 0.928 bits per heavy atom. The van der Waals surface area contributed by atoms with Crippen molar-refractivity contribution in [3.05, 3.63) is 101 Å². The van der Waals surface area contributed by atoms with Crippen molar-refractivity contribution in [1.82, 2.24) is 42.7 Å². The summed E-state index contributed by atoms with van der Waals surface area (Å²) in [5, 5.41) is 0. The summed E-state index contributed by atoms with van der Waals surface area (Å²) in [6.07, 6.45) is 15.6. The molecule has 0 amide bonds. The van der Waals surface area contributed by atoms with Crippen LogP contribution in [0.5, 0.6) is 0 Å². The molecule has 0 aliphatic heterocycles. The molecule has 0 unspecified atom stereocenters. The molecular weight excluding hydrogens is 881 g/mol. The minimum absolute atomic E-state index is 0.00827. The predicted molar refractivity (Wildman–Crippen MR) is 259 cm³/mol. The molecule has 0 bridgehead atoms. The molecule has 370 valence electrons. The molecule has 5 rings (SSSR count). The zero-order chi connectivity index (χ0) is 50.2. The van der Waals surface area contributed by atoms with E-state index < -0.39 is 0 Å². The fourth-order valence-electron chi connectivity index (χ4n) is 8.51. The standard InChI is InChI=1S/C51H68N10O8/c1-56(23-12-20-52)22-8-7-13-39(62)14-9-19-46(67)50-54-37(33-60(50)5)29-40(63)15-10-18-45(66)43-26-36(32-59(43)4)28-48(69)51-55-38(34-61(51)6)30-41(64)16-11-17-44(65)42-25-35(31-58(42)3)27-47(68)49-53-21-24-57(49)2/h21,24-26,31-34H,7-20,22-23,27-30,52H2,1-6H3. The van der Waals surface area contributed by atoms with Gasteiger partial charge in [-0.1, -0.05) is 0 Å². The summed E-state index contributed by atoms with van der Waals surface area (Å²) in [5.74, 6) is -0.198. The van der Waals surface area contributed by atoms with E-state index in [9.17, 15) is 38.4 Å². The van der Waals surface area contributed by atoms with Crippen molar-refractivity contribution in [2.75, 3.05) is 26.7 Å². The number of nitrogens with zero attached hydrogens (tertiary/aromatic N) is 9. The highest BCUT2D eigenvalue weighted by molar-refractivity contribution is 5.98. The molecule has 0 saturated carbocycles. The van der Waals surface area contributed by atoms with Crippen LogP contribution >= 0.6 is 0 Å². The largest absolute Gasteiger partial charge is 0.348 e. The van der Waals surface area contributed by atoms with Crippen LogP contribution in [0.25, 0.3) is 0 Å². The molecule has 69 heavy (non-hydrogen) atoms. The van der Waals surface area contributed by atoms with Crippen molar-refractivity contribution >= 4 is 46.3 Å². The van der Waals surface area contributed by atoms with E-state index in [1.165, 1.54) is 0 Å². The van der Waals surface area contributed by atoms with E-state index in [0.717, 1.165) is 32.4 Å². The number of carbonyl (C=O) groups excluding carboxylic acids is 8. The fraction of sp³-hybridized carbons (Fsp3) is 0.510. The Balaban J connectivity index is 0.992. The molecule has 18 nitrogen and oxygen atoms in total. The van der Waals surface area contributed by atoms with Crippen LogP contribution in [0.4, 0.5) is 0 Å². The van der Waals surface area contributed by atoms with Gasteiger partial charge in [-0.05, 0) is 88.5 Å². The van der Waals surface area contributed by atoms with Gasteiger partial charge in [-0.15, -0.1) is 0 Å². The van der Waals surface area contributed by atoms with E-state index >= 15 is 0 Å². The highest BCUT2D eigenvalue weighted by Crippen LogP contribution is 2.18. The minimum Gasteiger partial charge on any atom is -0.348 e. The number of aryl methyl sites for hydroxylation is 5. The maximum absolute atomic E-state index is 13.4. The molecule has 5 aromatic heterocycles. The van der Waals surface area contributed by atoms with Crippen molar-refractivity contribution in [3.63, 3.8) is 0 Å². The summed E-state index contributed by atoms with van der Waals surface area (Å²) in [5.41, 5.74) is 8.68. The van der Waals surface area contributed by atoms with Gasteiger partial charge in [0.05, 0.1) is 35.6 Å². The van der Waals surface area contributed by atoms with E-state index in [2.05, 4.69) is 26.9 Å². The predicted octanol–water partition coefficient (Wildman–Crippen LogP) is 5.12. The molecule has 0 saturated heterocycles. The number of unbranched alkanes of at least 4 members (excludes halogenated alkanes) is 1. The number of ketones is 8. The van der Waals surface area contributed by atoms with Gasteiger partial charge < -0.3 is 33.5 Å². The van der Waals surface area contributed by atoms with Gasteiger partial charge >= 0.3 is 0 Å². The van der Waals surface area contributed by atoms with Crippen molar-refractivity contribution in [2.24, 2.45) is 41.0 Å². The molecule has 0 fully saturated rings. The Hall–Kier alpha value is -6.53. The summed E-state index contributed by atoms with van der Waals surface area (Å²) in [7, 11) is 10.7. The third-order valence-corrected chi connectivity index (χ3v) is 12.2. The molecular formula is C51H68N10O8. The molecule has 0 atom stereocenters. The van der Waals surface area contributed by atoms with Crippen LogP contribution in [-0.2, 0) is 75.3 Å². The van der Waals surface area contributed by atoms with Gasteiger partial charge in [-0.25, -0.2) is 15.0 Å². The fourth-order valence-corrected chi connectivity index (χ4v) is 8.51. The lowest BCUT2D eigenvalue weighted by atomic mass is 10.1. The van der Waals surface area contributed by atoms with Gasteiger partial charge in [0.25, 0.3) is 0 Å². The molecule has 2 N–H and O–H groups in total. The lowest BCUT2D eigenvalue weighted by Crippen LogP contribution is -2.23. The maximum Gasteiger partial charge on any atom is 0.202 e. The number of carbonyl (C=O) groups is 8. The van der Waals surface area contributed by atoms with Gasteiger partial charge in [-0.2, -0.15) is 0 Å². The topological polar surface area (TPSA) is 229 Å². The minimum atomic E-state index is -0.283. The molecule has 5 heterocycles. The molecule has 18 heteroatoms. The van der Waals surface area contributed by atoms with Crippen molar-refractivity contribution < 1.29 is 38.4 Å². The summed E-state index contributed by atoms with van der Waals surface area (Å²) in [4.78, 5) is 118. The van der Waals surface area contributed by atoms with Gasteiger partial charge in [0, 0.05) is 130 Å². The summed E-state index contributed by atoms with van der Waals surface area (Å²) in [6, 6.07) is 3.37. The first kappa shape index (κ1) is 53.4. The third-order valence-electron chi connectivity index (χ3n) is 12.2. The van der Waals surface area contributed by atoms with Gasteiger partial charge in [0.15, 0.2) is 34.8 Å². The lowest BCUT2D eigenvalue weighted by molar-refractivity contribution is -0.119. The number of imidazole rings is 3. The molecule has 0 aliphatic rings. The monoisotopic (exact) mass is 949 g/mol. The van der Waals surface area contributed by atoms with Crippen LogP contribution < -0.4 is 5.73 Å². The Morgan fingerprint density at radius 1 is 0.478 bits per heavy atom. The van der Waals surface area contributed by atoms with E-state index in [-0.39, 0.29) is 116 Å². The second-order valence-corrected chi connectivity index (χ2v) is 18.3. The quantitative estimate of drug-likeness (QED) is 0.0426. The van der Waals surface area contributed by atoms with Crippen LogP contribution in [0.1, 0.15) is 159 Å². The number of hydrogen-bond acceptors (Lipinski definition) is 13. The smallest absolute Gasteiger partial charge is 0.202 e. The zero-order valence-electron chi connectivity index (χ0n) is 41.1. The van der Waals surface area contributed by atoms with E-state index in [0.29, 0.717) is 78.4 Å². The summed E-state index contributed by atoms with van der Waals surface area (Å²) in [6.45, 7) is 2.54. The van der Waals surface area contributed by atoms with Gasteiger partial charge in [-0.3, -0.25) is 38.4 Å². The number of nitrogens with two attached hydrogens (primary N) is 1. The molecule has 0 aromatic carbocycles. The first-order chi connectivity index (χ1) is 32.9. The van der Waals surface area contributed by atoms with E-state index in [1.54, 1.807) is 107 Å². The summed E-state index contributed by atoms with van der Waals surface area (Å²) >= 11 is 0. The van der Waals surface area contributed by atoms with E-state index in [1.807, 2.05) is 0 Å². The average Bonchev–Trinajstić information content (AvgIpc) is 4.13. The summed E-state index contributed by atoms with van der Waals surface area (Å²) < 4.78 is 8.19. The zero-order valence-corrected chi connectivity index (χ0v) is 41.1. The number of Topliss-reactive ketones (excluding diaryl/α,β-unsaturated/α-hetero) is 8. The van der Waals surface area contributed by atoms with Crippen molar-refractivity contribution in [1.29, 1.82) is 0 Å². The van der Waals surface area contributed by atoms with Gasteiger partial charge in [0.2, 0.25) is 11.6 Å². The maximum atomic E-state index is 13.4. The Bertz CT molecular complexity index is 2640. The Morgan fingerprint density at radius 3 is 1.42 bits per heavy atom. The molecule has 0 aliphatic carbocycles. The molecule has 5 aromatic rings. The molecule has 0 spiro atoms. The van der Waals surface area contributed by atoms with Crippen molar-refractivity contribution in [3.8, 4) is 0 Å². The highest BCUT2D eigenvalue weighted by Gasteiger charge is 2.22. The van der Waals surface area contributed by atoms with Crippen molar-refractivity contribution in [2.45, 2.75) is 109 Å². The van der Waals surface area contributed by atoms with Gasteiger partial charge in [0.1, 0.15) is 17.3 Å². The van der Waals surface area contributed by atoms with Crippen LogP contribution in [0.3, 0.4) is 0 Å².